The smallest absolute Gasteiger partial charge is 0.222 e. The molecule has 0 aliphatic rings. The fourth-order valence-electron chi connectivity index (χ4n) is 1.30. The highest BCUT2D eigenvalue weighted by Gasteiger charge is 2.17. The second kappa shape index (κ2) is 6.39. The number of nitrogens with zero attached hydrogens (tertiary/aromatic N) is 2. The largest absolute Gasteiger partial charge is 0.494 e. The normalized spacial score (nSPS) is 11.3. The van der Waals surface area contributed by atoms with Gasteiger partial charge in [0, 0.05) is 20.3 Å². The van der Waals surface area contributed by atoms with Crippen LogP contribution in [-0.2, 0) is 4.74 Å². The van der Waals surface area contributed by atoms with Gasteiger partial charge in [-0.05, 0) is 11.8 Å². The summed E-state index contributed by atoms with van der Waals surface area (Å²) in [6, 6.07) is 0. The fourth-order valence-corrected chi connectivity index (χ4v) is 1.30. The Morgan fingerprint density at radius 3 is 2.41 bits per heavy atom. The van der Waals surface area contributed by atoms with E-state index in [1.165, 1.54) is 0 Å². The molecule has 1 aromatic rings. The summed E-state index contributed by atoms with van der Waals surface area (Å²) in [6.45, 7) is 5.94. The van der Waals surface area contributed by atoms with Crippen LogP contribution in [0.1, 0.15) is 20.3 Å². The monoisotopic (exact) mass is 239 g/mol. The Labute approximate surface area is 103 Å². The van der Waals surface area contributed by atoms with Crippen LogP contribution >= 0.6 is 0 Å². The molecule has 5 nitrogen and oxygen atoms in total. The molecule has 0 fully saturated rings. The van der Waals surface area contributed by atoms with Crippen LogP contribution in [0.3, 0.4) is 0 Å². The van der Waals surface area contributed by atoms with Crippen LogP contribution in [-0.4, -0.2) is 37.3 Å². The van der Waals surface area contributed by atoms with Crippen LogP contribution < -0.4 is 10.1 Å². The number of hydrogen-bond donors (Lipinski definition) is 1. The van der Waals surface area contributed by atoms with E-state index in [-0.39, 0.29) is 5.41 Å². The zero-order valence-corrected chi connectivity index (χ0v) is 11.0. The molecule has 1 rings (SSSR count). The minimum atomic E-state index is 0.152. The summed E-state index contributed by atoms with van der Waals surface area (Å²) in [4.78, 5) is 8.31. The van der Waals surface area contributed by atoms with E-state index in [1.807, 2.05) is 0 Å². The van der Waals surface area contributed by atoms with E-state index in [9.17, 15) is 0 Å². The lowest BCUT2D eigenvalue weighted by Gasteiger charge is -2.24. The van der Waals surface area contributed by atoms with Crippen molar-refractivity contribution in [1.82, 2.24) is 9.97 Å². The molecular formula is C12H21N3O2. The van der Waals surface area contributed by atoms with Crippen molar-refractivity contribution in [2.75, 3.05) is 32.7 Å². The van der Waals surface area contributed by atoms with E-state index in [0.29, 0.717) is 11.7 Å². The maximum Gasteiger partial charge on any atom is 0.222 e. The molecule has 0 saturated carbocycles. The van der Waals surface area contributed by atoms with Crippen LogP contribution in [0.2, 0.25) is 0 Å². The van der Waals surface area contributed by atoms with E-state index in [4.69, 9.17) is 9.47 Å². The highest BCUT2D eigenvalue weighted by Crippen LogP contribution is 2.20. The van der Waals surface area contributed by atoms with Gasteiger partial charge in [-0.25, -0.2) is 9.97 Å². The number of nitrogens with one attached hydrogen (secondary N) is 1. The van der Waals surface area contributed by atoms with Gasteiger partial charge in [0.05, 0.1) is 19.5 Å². The lowest BCUT2D eigenvalue weighted by Crippen LogP contribution is -2.25. The van der Waals surface area contributed by atoms with Crippen molar-refractivity contribution in [2.45, 2.75) is 20.3 Å². The molecule has 1 N–H and O–H groups in total. The molecule has 1 heterocycles. The summed E-state index contributed by atoms with van der Waals surface area (Å²) < 4.78 is 10.1. The second-order valence-electron chi connectivity index (χ2n) is 4.71. The minimum absolute atomic E-state index is 0.152. The molecule has 0 aliphatic carbocycles. The Bertz CT molecular complexity index is 325. The van der Waals surface area contributed by atoms with Gasteiger partial charge in [-0.1, -0.05) is 13.8 Å². The second-order valence-corrected chi connectivity index (χ2v) is 4.71. The third-order valence-electron chi connectivity index (χ3n) is 2.57. The lowest BCUT2D eigenvalue weighted by molar-refractivity contribution is 0.157. The molecule has 17 heavy (non-hydrogen) atoms. The third-order valence-corrected chi connectivity index (χ3v) is 2.57. The molecule has 0 aliphatic heterocycles. The average molecular weight is 239 g/mol. The summed E-state index contributed by atoms with van der Waals surface area (Å²) in [6.07, 6.45) is 4.29. The molecule has 0 unspecified atom stereocenters. The van der Waals surface area contributed by atoms with Gasteiger partial charge in [0.1, 0.15) is 0 Å². The van der Waals surface area contributed by atoms with Crippen LogP contribution in [0.15, 0.2) is 12.4 Å². The molecule has 0 atom stereocenters. The minimum Gasteiger partial charge on any atom is -0.494 e. The molecule has 0 saturated heterocycles. The molecule has 0 bridgehead atoms. The Balaban J connectivity index is 2.43. The summed E-state index contributed by atoms with van der Waals surface area (Å²) in [7, 11) is 3.32. The van der Waals surface area contributed by atoms with Crippen molar-refractivity contribution in [2.24, 2.45) is 5.41 Å². The SMILES string of the molecule is COCCC(C)(C)CNc1ncc(OC)cn1. The van der Waals surface area contributed by atoms with Crippen molar-refractivity contribution >= 4 is 5.95 Å². The van der Waals surface area contributed by atoms with Gasteiger partial charge in [-0.2, -0.15) is 0 Å². The van der Waals surface area contributed by atoms with E-state index in [2.05, 4.69) is 29.1 Å². The molecule has 0 amide bonds. The van der Waals surface area contributed by atoms with Crippen molar-refractivity contribution < 1.29 is 9.47 Å². The molecule has 0 spiro atoms. The fraction of sp³-hybridized carbons (Fsp3) is 0.667. The topological polar surface area (TPSA) is 56.3 Å². The number of methoxy groups -OCH3 is 2. The van der Waals surface area contributed by atoms with Crippen LogP contribution in [0.4, 0.5) is 5.95 Å². The Morgan fingerprint density at radius 2 is 1.88 bits per heavy atom. The Morgan fingerprint density at radius 1 is 1.24 bits per heavy atom. The molecule has 0 aromatic carbocycles. The van der Waals surface area contributed by atoms with Crippen LogP contribution in [0, 0.1) is 5.41 Å². The predicted molar refractivity (Wildman–Crippen MR) is 67.3 cm³/mol. The standard InChI is InChI=1S/C12H21N3O2/c1-12(2,5-6-16-3)9-15-11-13-7-10(17-4)8-14-11/h7-8H,5-6,9H2,1-4H3,(H,13,14,15). The molecule has 96 valence electrons. The average Bonchev–Trinajstić information content (AvgIpc) is 2.35. The van der Waals surface area contributed by atoms with Crippen LogP contribution in [0.5, 0.6) is 5.75 Å². The maximum atomic E-state index is 5.08. The number of aromatic nitrogens is 2. The zero-order valence-electron chi connectivity index (χ0n) is 11.0. The van der Waals surface area contributed by atoms with Gasteiger partial charge >= 0.3 is 0 Å². The van der Waals surface area contributed by atoms with Crippen molar-refractivity contribution in [3.05, 3.63) is 12.4 Å². The number of rotatable bonds is 7. The summed E-state index contributed by atoms with van der Waals surface area (Å²) >= 11 is 0. The van der Waals surface area contributed by atoms with E-state index in [0.717, 1.165) is 19.6 Å². The van der Waals surface area contributed by atoms with Gasteiger partial charge in [-0.15, -0.1) is 0 Å². The summed E-state index contributed by atoms with van der Waals surface area (Å²) in [5, 5.41) is 3.21. The first-order chi connectivity index (χ1) is 8.07. The maximum absolute atomic E-state index is 5.08. The van der Waals surface area contributed by atoms with E-state index >= 15 is 0 Å². The quantitative estimate of drug-likeness (QED) is 0.788. The predicted octanol–water partition coefficient (Wildman–Crippen LogP) is 1.96. The Kier molecular flexibility index (Phi) is 5.15. The highest BCUT2D eigenvalue weighted by atomic mass is 16.5. The summed E-state index contributed by atoms with van der Waals surface area (Å²) in [5.74, 6) is 1.28. The Hall–Kier alpha value is -1.36. The van der Waals surface area contributed by atoms with Gasteiger partial charge in [0.25, 0.3) is 0 Å². The van der Waals surface area contributed by atoms with Crippen molar-refractivity contribution in [1.29, 1.82) is 0 Å². The molecule has 5 heteroatoms. The lowest BCUT2D eigenvalue weighted by atomic mass is 9.90. The summed E-state index contributed by atoms with van der Waals surface area (Å²) in [5.41, 5.74) is 0.152. The van der Waals surface area contributed by atoms with Gasteiger partial charge in [-0.3, -0.25) is 0 Å². The van der Waals surface area contributed by atoms with Crippen LogP contribution in [0.25, 0.3) is 0 Å². The molecular weight excluding hydrogens is 218 g/mol. The number of anilines is 1. The number of hydrogen-bond acceptors (Lipinski definition) is 5. The third kappa shape index (κ3) is 4.99. The van der Waals surface area contributed by atoms with Crippen molar-refractivity contribution in [3.63, 3.8) is 0 Å². The van der Waals surface area contributed by atoms with E-state index < -0.39 is 0 Å². The first-order valence-corrected chi connectivity index (χ1v) is 5.66. The van der Waals surface area contributed by atoms with Gasteiger partial charge in [0.2, 0.25) is 5.95 Å². The number of ether oxygens (including phenoxy) is 2. The first-order valence-electron chi connectivity index (χ1n) is 5.66. The molecule has 0 radical (unpaired) electrons. The molecule has 1 aromatic heterocycles. The zero-order chi connectivity index (χ0) is 12.7. The van der Waals surface area contributed by atoms with E-state index in [1.54, 1.807) is 26.6 Å². The highest BCUT2D eigenvalue weighted by molar-refractivity contribution is 5.27. The van der Waals surface area contributed by atoms with Crippen molar-refractivity contribution in [3.8, 4) is 5.75 Å². The van der Waals surface area contributed by atoms with Gasteiger partial charge < -0.3 is 14.8 Å². The van der Waals surface area contributed by atoms with Gasteiger partial charge in [0.15, 0.2) is 5.75 Å². The first kappa shape index (κ1) is 13.7.